The Kier molecular flexibility index (Phi) is 7.60. The van der Waals surface area contributed by atoms with Gasteiger partial charge in [0.2, 0.25) is 10.0 Å². The number of nitrogens with one attached hydrogen (secondary N) is 1. The van der Waals surface area contributed by atoms with Crippen molar-refractivity contribution in [1.82, 2.24) is 0 Å². The molecule has 0 bridgehead atoms. The molecular formula is C18H17Br2NO5S. The van der Waals surface area contributed by atoms with Crippen LogP contribution < -0.4 is 4.72 Å². The highest BCUT2D eigenvalue weighted by Gasteiger charge is 2.07. The van der Waals surface area contributed by atoms with Gasteiger partial charge < -0.3 is 9.84 Å². The van der Waals surface area contributed by atoms with Crippen LogP contribution in [0, 0.1) is 0 Å². The number of anilines is 1. The number of sulfonamides is 1. The molecule has 0 aliphatic heterocycles. The lowest BCUT2D eigenvalue weighted by atomic mass is 10.1. The van der Waals surface area contributed by atoms with E-state index in [-0.39, 0.29) is 13.2 Å². The number of aliphatic carboxylic acids is 1. The van der Waals surface area contributed by atoms with Crippen molar-refractivity contribution in [3.05, 3.63) is 62.0 Å². The van der Waals surface area contributed by atoms with E-state index in [4.69, 9.17) is 9.84 Å². The summed E-state index contributed by atoms with van der Waals surface area (Å²) in [5.74, 6) is -1.01. The lowest BCUT2D eigenvalue weighted by Crippen LogP contribution is -2.09. The molecule has 2 aromatic carbocycles. The maximum absolute atomic E-state index is 11.3. The fraction of sp³-hybridized carbons (Fsp3) is 0.167. The summed E-state index contributed by atoms with van der Waals surface area (Å²) in [5.41, 5.74) is 3.03. The second kappa shape index (κ2) is 9.50. The summed E-state index contributed by atoms with van der Waals surface area (Å²) < 4.78 is 31.8. The number of benzene rings is 2. The molecule has 0 aromatic heterocycles. The molecule has 2 rings (SSSR count). The fourth-order valence-corrected chi connectivity index (χ4v) is 4.34. The van der Waals surface area contributed by atoms with Crippen molar-refractivity contribution in [2.45, 2.75) is 6.61 Å². The van der Waals surface area contributed by atoms with Gasteiger partial charge in [-0.15, -0.1) is 0 Å². The second-order valence-electron chi connectivity index (χ2n) is 5.69. The van der Waals surface area contributed by atoms with E-state index in [9.17, 15) is 13.2 Å². The Labute approximate surface area is 174 Å². The Morgan fingerprint density at radius 1 is 1.19 bits per heavy atom. The Hall–Kier alpha value is -1.68. The number of carbonyl (C=O) groups is 1. The molecule has 6 nitrogen and oxygen atoms in total. The first kappa shape index (κ1) is 21.6. The summed E-state index contributed by atoms with van der Waals surface area (Å²) in [4.78, 5) is 10.5. The first-order valence-electron chi connectivity index (χ1n) is 7.67. The van der Waals surface area contributed by atoms with Crippen LogP contribution in [0.25, 0.3) is 12.2 Å². The highest BCUT2D eigenvalue weighted by Crippen LogP contribution is 2.30. The third-order valence-corrected chi connectivity index (χ3v) is 5.18. The van der Waals surface area contributed by atoms with Crippen molar-refractivity contribution in [2.24, 2.45) is 0 Å². The van der Waals surface area contributed by atoms with Crippen LogP contribution in [-0.4, -0.2) is 32.4 Å². The van der Waals surface area contributed by atoms with E-state index in [0.717, 1.165) is 31.9 Å². The lowest BCUT2D eigenvalue weighted by Gasteiger charge is -2.08. The summed E-state index contributed by atoms with van der Waals surface area (Å²) >= 11 is 7.00. The molecule has 0 amide bonds. The molecule has 0 saturated carbocycles. The van der Waals surface area contributed by atoms with Gasteiger partial charge in [-0.2, -0.15) is 0 Å². The zero-order chi connectivity index (χ0) is 20.0. The van der Waals surface area contributed by atoms with Crippen molar-refractivity contribution in [2.75, 3.05) is 17.6 Å². The molecule has 0 radical (unpaired) electrons. The molecule has 2 aromatic rings. The normalized spacial score (nSPS) is 11.7. The van der Waals surface area contributed by atoms with E-state index in [1.807, 2.05) is 30.4 Å². The Morgan fingerprint density at radius 2 is 1.85 bits per heavy atom. The molecule has 0 heterocycles. The van der Waals surface area contributed by atoms with E-state index in [0.29, 0.717) is 5.69 Å². The monoisotopic (exact) mass is 517 g/mol. The molecule has 0 aliphatic carbocycles. The number of hydrogen-bond donors (Lipinski definition) is 2. The Morgan fingerprint density at radius 3 is 2.44 bits per heavy atom. The van der Waals surface area contributed by atoms with Crippen molar-refractivity contribution >= 4 is 65.7 Å². The number of ether oxygens (including phenoxy) is 1. The van der Waals surface area contributed by atoms with Gasteiger partial charge in [0.05, 0.1) is 12.9 Å². The summed E-state index contributed by atoms with van der Waals surface area (Å²) in [5, 5.41) is 8.61. The van der Waals surface area contributed by atoms with Crippen molar-refractivity contribution in [3.63, 3.8) is 0 Å². The van der Waals surface area contributed by atoms with Gasteiger partial charge in [0, 0.05) is 20.2 Å². The van der Waals surface area contributed by atoms with Gasteiger partial charge in [0.1, 0.15) is 6.61 Å². The molecule has 27 heavy (non-hydrogen) atoms. The molecule has 0 fully saturated rings. The first-order chi connectivity index (χ1) is 12.6. The van der Waals surface area contributed by atoms with Crippen molar-refractivity contribution in [3.8, 4) is 0 Å². The number of carboxylic acid groups (broad SMARTS) is 1. The average molecular weight is 519 g/mol. The van der Waals surface area contributed by atoms with Gasteiger partial charge in [0.15, 0.2) is 0 Å². The van der Waals surface area contributed by atoms with Crippen LogP contribution in [0.15, 0.2) is 45.3 Å². The summed E-state index contributed by atoms with van der Waals surface area (Å²) in [6.07, 6.45) is 4.85. The van der Waals surface area contributed by atoms with E-state index in [1.54, 1.807) is 18.2 Å². The smallest absolute Gasteiger partial charge is 0.329 e. The van der Waals surface area contributed by atoms with E-state index in [2.05, 4.69) is 36.6 Å². The summed E-state index contributed by atoms with van der Waals surface area (Å²) in [6, 6.07) is 10.7. The SMILES string of the molecule is CS(=O)(=O)Nc1cccc(/C=C/c2c(Br)cc(COCC(=O)O)cc2Br)c1. The molecule has 0 unspecified atom stereocenters. The maximum Gasteiger partial charge on any atom is 0.329 e. The first-order valence-corrected chi connectivity index (χ1v) is 11.2. The molecule has 0 aliphatic rings. The Balaban J connectivity index is 2.17. The second-order valence-corrected chi connectivity index (χ2v) is 9.15. The molecule has 0 atom stereocenters. The van der Waals surface area contributed by atoms with Gasteiger partial charge in [-0.1, -0.05) is 56.1 Å². The van der Waals surface area contributed by atoms with Crippen molar-refractivity contribution < 1.29 is 23.1 Å². The van der Waals surface area contributed by atoms with Gasteiger partial charge in [-0.3, -0.25) is 4.72 Å². The minimum absolute atomic E-state index is 0.187. The van der Waals surface area contributed by atoms with Crippen LogP contribution >= 0.6 is 31.9 Å². The van der Waals surface area contributed by atoms with Gasteiger partial charge >= 0.3 is 5.97 Å². The minimum atomic E-state index is -3.33. The van der Waals surface area contributed by atoms with Gasteiger partial charge in [0.25, 0.3) is 0 Å². The number of hydrogen-bond acceptors (Lipinski definition) is 4. The standard InChI is InChI=1S/C18H17Br2NO5S/c1-27(24,25)21-14-4-2-3-12(7-14)5-6-15-16(19)8-13(9-17(15)20)10-26-11-18(22)23/h2-9,21H,10-11H2,1H3,(H,22,23)/b6-5+. The highest BCUT2D eigenvalue weighted by molar-refractivity contribution is 9.11. The number of rotatable bonds is 8. The van der Waals surface area contributed by atoms with E-state index >= 15 is 0 Å². The summed E-state index contributed by atoms with van der Waals surface area (Å²) in [6.45, 7) is -0.165. The van der Waals surface area contributed by atoms with Crippen LogP contribution in [0.2, 0.25) is 0 Å². The lowest BCUT2D eigenvalue weighted by molar-refractivity contribution is -0.142. The van der Waals surface area contributed by atoms with Crippen LogP contribution in [0.4, 0.5) is 5.69 Å². The molecule has 144 valence electrons. The third-order valence-electron chi connectivity index (χ3n) is 3.27. The third kappa shape index (κ3) is 7.45. The zero-order valence-corrected chi connectivity index (χ0v) is 18.3. The van der Waals surface area contributed by atoms with E-state index < -0.39 is 16.0 Å². The van der Waals surface area contributed by atoms with E-state index in [1.165, 1.54) is 0 Å². The summed E-state index contributed by atoms with van der Waals surface area (Å²) in [7, 11) is -3.33. The van der Waals surface area contributed by atoms with Gasteiger partial charge in [-0.05, 0) is 35.4 Å². The van der Waals surface area contributed by atoms with Crippen LogP contribution in [0.1, 0.15) is 16.7 Å². The quantitative estimate of drug-likeness (QED) is 0.506. The molecule has 9 heteroatoms. The van der Waals surface area contributed by atoms with Crippen molar-refractivity contribution in [1.29, 1.82) is 0 Å². The largest absolute Gasteiger partial charge is 0.480 e. The number of halogens is 2. The van der Waals surface area contributed by atoms with Gasteiger partial charge in [-0.25, -0.2) is 13.2 Å². The Bertz CT molecular complexity index is 950. The molecule has 2 N–H and O–H groups in total. The van der Waals surface area contributed by atoms with Crippen LogP contribution in [0.5, 0.6) is 0 Å². The highest BCUT2D eigenvalue weighted by atomic mass is 79.9. The molecule has 0 spiro atoms. The minimum Gasteiger partial charge on any atom is -0.480 e. The molecule has 0 saturated heterocycles. The molecular weight excluding hydrogens is 502 g/mol. The predicted octanol–water partition coefficient (Wildman–Crippen LogP) is 4.35. The number of carboxylic acids is 1. The maximum atomic E-state index is 11.3. The predicted molar refractivity (Wildman–Crippen MR) is 113 cm³/mol. The average Bonchev–Trinajstić information content (AvgIpc) is 2.52. The fourth-order valence-electron chi connectivity index (χ4n) is 2.23. The van der Waals surface area contributed by atoms with Crippen LogP contribution in [-0.2, 0) is 26.2 Å². The topological polar surface area (TPSA) is 92.7 Å². The van der Waals surface area contributed by atoms with Crippen LogP contribution in [0.3, 0.4) is 0 Å². The zero-order valence-electron chi connectivity index (χ0n) is 14.3.